The van der Waals surface area contributed by atoms with Crippen molar-refractivity contribution in [3.05, 3.63) is 24.3 Å². The molecule has 2 aliphatic rings. The van der Waals surface area contributed by atoms with Gasteiger partial charge >= 0.3 is 56.6 Å². The highest BCUT2D eigenvalue weighted by molar-refractivity contribution is 6.91. The highest BCUT2D eigenvalue weighted by atomic mass is 28.5. The van der Waals surface area contributed by atoms with E-state index in [2.05, 4.69) is 16.0 Å². The molecule has 0 spiro atoms. The molecule has 1 amide bonds. The Morgan fingerprint density at radius 1 is 0.964 bits per heavy atom. The van der Waals surface area contributed by atoms with Crippen LogP contribution >= 0.6 is 0 Å². The molecule has 24 heteroatoms. The molecule has 2 saturated heterocycles. The number of alkyl halides is 11. The lowest BCUT2D eigenvalue weighted by atomic mass is 10.0. The Morgan fingerprint density at radius 2 is 1.60 bits per heavy atom. The van der Waals surface area contributed by atoms with Crippen LogP contribution in [0.2, 0.25) is 56.9 Å². The van der Waals surface area contributed by atoms with E-state index in [4.69, 9.17) is 12.7 Å². The first-order valence-corrected chi connectivity index (χ1v) is 27.9. The van der Waals surface area contributed by atoms with Gasteiger partial charge in [0.15, 0.2) is 8.32 Å². The number of benzene rings is 1. The standard InChI is InChI=1S/C31H44F11NO8Si4/c1-43(26(46)27(32,29(35,36)37)49-31(41,42)28(33,34)30(38,39)40)22-12-9-13-23(20-22)53(3,4)17-18-54(5)15-8-7-14-47-55(6,51-52(2)50-54)16-10-11-21-19-24(44)48-25(21)45/h9,12-13,20-21,52H,7-8,10-11,14-19H2,1-6H3. The number of hydrogen-bond acceptors (Lipinski definition) is 8. The number of hydrogen-bond donors (Lipinski definition) is 0. The second-order valence-electron chi connectivity index (χ2n) is 14.9. The minimum absolute atomic E-state index is 0.0424. The van der Waals surface area contributed by atoms with E-state index in [0.29, 0.717) is 49.8 Å². The number of halogens is 11. The minimum atomic E-state index is -7.30. The summed E-state index contributed by atoms with van der Waals surface area (Å²) in [6, 6.07) is 7.54. The van der Waals surface area contributed by atoms with Gasteiger partial charge in [-0.1, -0.05) is 49.3 Å². The second kappa shape index (κ2) is 16.9. The van der Waals surface area contributed by atoms with Crippen LogP contribution < -0.4 is 10.1 Å². The summed E-state index contributed by atoms with van der Waals surface area (Å²) in [5, 5.41) is 0.510. The molecule has 9 nitrogen and oxygen atoms in total. The van der Waals surface area contributed by atoms with E-state index in [-0.39, 0.29) is 11.3 Å². The van der Waals surface area contributed by atoms with Gasteiger partial charge in [-0.15, -0.1) is 0 Å². The van der Waals surface area contributed by atoms with E-state index < -0.39 is 93.9 Å². The molecule has 1 aromatic carbocycles. The zero-order valence-electron chi connectivity index (χ0n) is 30.9. The molecule has 5 atom stereocenters. The highest BCUT2D eigenvalue weighted by Gasteiger charge is 2.80. The van der Waals surface area contributed by atoms with Crippen molar-refractivity contribution in [2.24, 2.45) is 5.92 Å². The SMILES string of the molecule is CN(C(=O)C(F)(OC(F)(F)C(F)(F)C(F)(F)F)C(F)(F)F)c1cccc([Si](C)(C)CC[Si]2(C)CCCCO[Si](C)(CCCC3CC(=O)OC3=O)O[SiH](C)O2)c1. The van der Waals surface area contributed by atoms with Gasteiger partial charge in [0, 0.05) is 19.3 Å². The normalized spacial score (nSPS) is 26.3. The molecular formula is C31H44F11NO8Si4. The summed E-state index contributed by atoms with van der Waals surface area (Å²) in [7, 11) is -9.64. The molecule has 0 aliphatic carbocycles. The Labute approximate surface area is 315 Å². The summed E-state index contributed by atoms with van der Waals surface area (Å²) in [6.07, 6.45) is -18.5. The number of rotatable bonds is 13. The first kappa shape index (κ1) is 47.1. The van der Waals surface area contributed by atoms with Crippen molar-refractivity contribution in [1.82, 2.24) is 0 Å². The van der Waals surface area contributed by atoms with Gasteiger partial charge in [-0.2, -0.15) is 48.3 Å². The highest BCUT2D eigenvalue weighted by Crippen LogP contribution is 2.51. The maximum absolute atomic E-state index is 15.1. The Bertz CT molecular complexity index is 1560. The number of likely N-dealkylation sites (N-methyl/N-ethyl adjacent to an activating group) is 1. The van der Waals surface area contributed by atoms with Gasteiger partial charge < -0.3 is 22.3 Å². The van der Waals surface area contributed by atoms with Crippen molar-refractivity contribution in [2.75, 3.05) is 18.6 Å². The minimum Gasteiger partial charge on any atom is -0.438 e. The molecular weight excluding hydrogens is 836 g/mol. The molecule has 5 unspecified atom stereocenters. The van der Waals surface area contributed by atoms with E-state index in [1.807, 2.05) is 26.2 Å². The topological polar surface area (TPSA) is 101 Å². The second-order valence-corrected chi connectivity index (χ2v) is 29.7. The summed E-state index contributed by atoms with van der Waals surface area (Å²) in [4.78, 5) is 35.9. The average Bonchev–Trinajstić information content (AvgIpc) is 3.37. The fourth-order valence-corrected chi connectivity index (χ4v) is 23.4. The van der Waals surface area contributed by atoms with Crippen LogP contribution in [0.4, 0.5) is 54.0 Å². The third-order valence-corrected chi connectivity index (χ3v) is 25.3. The van der Waals surface area contributed by atoms with Crippen molar-refractivity contribution >= 4 is 63.0 Å². The van der Waals surface area contributed by atoms with Gasteiger partial charge in [0.25, 0.3) is 9.28 Å². The molecule has 0 radical (unpaired) electrons. The molecule has 0 bridgehead atoms. The third-order valence-electron chi connectivity index (χ3n) is 9.75. The maximum atomic E-state index is 15.1. The summed E-state index contributed by atoms with van der Waals surface area (Å²) in [5.41, 5.74) is -0.502. The van der Waals surface area contributed by atoms with Crippen LogP contribution in [0.5, 0.6) is 0 Å². The number of amides is 1. The Hall–Kier alpha value is -2.23. The van der Waals surface area contributed by atoms with Crippen molar-refractivity contribution in [1.29, 1.82) is 0 Å². The summed E-state index contributed by atoms with van der Waals surface area (Å²) >= 11 is 0. The number of ether oxygens (including phenoxy) is 2. The van der Waals surface area contributed by atoms with E-state index in [1.165, 1.54) is 12.1 Å². The van der Waals surface area contributed by atoms with Crippen LogP contribution in [0.3, 0.4) is 0 Å². The summed E-state index contributed by atoms with van der Waals surface area (Å²) in [6.45, 7) is 10.1. The van der Waals surface area contributed by atoms with Crippen LogP contribution in [0.25, 0.3) is 0 Å². The molecule has 2 aliphatic heterocycles. The number of esters is 2. The average molecular weight is 880 g/mol. The monoisotopic (exact) mass is 879 g/mol. The summed E-state index contributed by atoms with van der Waals surface area (Å²) < 4.78 is 175. The van der Waals surface area contributed by atoms with Crippen LogP contribution in [0.1, 0.15) is 32.1 Å². The van der Waals surface area contributed by atoms with Gasteiger partial charge in [-0.05, 0) is 62.7 Å². The number of carbonyl (C=O) groups is 3. The van der Waals surface area contributed by atoms with Crippen LogP contribution in [-0.2, 0) is 36.5 Å². The van der Waals surface area contributed by atoms with Crippen molar-refractivity contribution < 1.29 is 84.8 Å². The molecule has 2 fully saturated rings. The third kappa shape index (κ3) is 11.2. The lowest BCUT2D eigenvalue weighted by Crippen LogP contribution is -2.63. The molecule has 1 aromatic rings. The van der Waals surface area contributed by atoms with Crippen molar-refractivity contribution in [2.45, 2.75) is 119 Å². The lowest BCUT2D eigenvalue weighted by molar-refractivity contribution is -0.472. The van der Waals surface area contributed by atoms with E-state index in [1.54, 1.807) is 6.07 Å². The quantitative estimate of drug-likeness (QED) is 0.0857. The van der Waals surface area contributed by atoms with E-state index in [0.717, 1.165) is 25.0 Å². The van der Waals surface area contributed by atoms with Gasteiger partial charge in [-0.25, -0.2) is 0 Å². The Kier molecular flexibility index (Phi) is 14.5. The largest absolute Gasteiger partial charge is 0.462 e. The molecule has 0 saturated carbocycles. The van der Waals surface area contributed by atoms with Gasteiger partial charge in [0.2, 0.25) is 0 Å². The molecule has 3 rings (SSSR count). The van der Waals surface area contributed by atoms with Crippen molar-refractivity contribution in [3.63, 3.8) is 0 Å². The first-order valence-electron chi connectivity index (χ1n) is 17.3. The van der Waals surface area contributed by atoms with Crippen LogP contribution in [0, 0.1) is 5.92 Å². The zero-order valence-corrected chi connectivity index (χ0v) is 35.1. The number of anilines is 1. The Morgan fingerprint density at radius 3 is 2.16 bits per heavy atom. The lowest BCUT2D eigenvalue weighted by Gasteiger charge is -2.38. The zero-order chi connectivity index (χ0) is 42.1. The van der Waals surface area contributed by atoms with Gasteiger partial charge in [0.05, 0.1) is 20.4 Å². The fourth-order valence-electron chi connectivity index (χ4n) is 6.30. The molecule has 314 valence electrons. The maximum Gasteiger partial charge on any atom is 0.462 e. The van der Waals surface area contributed by atoms with Crippen molar-refractivity contribution in [3.8, 4) is 0 Å². The molecule has 0 N–H and O–H groups in total. The Balaban J connectivity index is 1.75. The smallest absolute Gasteiger partial charge is 0.438 e. The van der Waals surface area contributed by atoms with Gasteiger partial charge in [0.1, 0.15) is 0 Å². The number of carbonyl (C=O) groups excluding carboxylic acids is 3. The van der Waals surface area contributed by atoms with E-state index >= 15 is 4.39 Å². The van der Waals surface area contributed by atoms with Gasteiger partial charge in [-0.3, -0.25) is 19.1 Å². The molecule has 2 heterocycles. The predicted octanol–water partition coefficient (Wildman–Crippen LogP) is 7.81. The summed E-state index contributed by atoms with van der Waals surface area (Å²) in [5.74, 6) is -18.2. The number of cyclic esters (lactones) is 2. The van der Waals surface area contributed by atoms with E-state index in [9.17, 15) is 58.3 Å². The van der Waals surface area contributed by atoms with Crippen LogP contribution in [0.15, 0.2) is 24.3 Å². The fraction of sp³-hybridized carbons (Fsp3) is 0.710. The molecule has 55 heavy (non-hydrogen) atoms. The predicted molar refractivity (Wildman–Crippen MR) is 185 cm³/mol. The van der Waals surface area contributed by atoms with Crippen LogP contribution in [-0.4, -0.2) is 96.0 Å². The molecule has 0 aromatic heterocycles. The number of nitrogens with zero attached hydrogens (tertiary/aromatic N) is 1. The first-order chi connectivity index (χ1) is 24.9.